The number of hydrogen-bond acceptors (Lipinski definition) is 2. The molecule has 0 bridgehead atoms. The molecule has 4 heteroatoms. The Hall–Kier alpha value is -0.640. The molecule has 0 radical (unpaired) electrons. The van der Waals surface area contributed by atoms with E-state index in [0.29, 0.717) is 16.7 Å². The van der Waals surface area contributed by atoms with Crippen LogP contribution in [0.3, 0.4) is 0 Å². The van der Waals surface area contributed by atoms with Gasteiger partial charge < -0.3 is 10.5 Å². The maximum absolute atomic E-state index is 13.6. The van der Waals surface area contributed by atoms with Gasteiger partial charge in [-0.3, -0.25) is 0 Å². The number of rotatable bonds is 4. The first-order valence-electron chi connectivity index (χ1n) is 5.99. The van der Waals surface area contributed by atoms with E-state index in [1.165, 1.54) is 6.07 Å². The van der Waals surface area contributed by atoms with Crippen LogP contribution in [0.1, 0.15) is 37.3 Å². The highest BCUT2D eigenvalue weighted by Crippen LogP contribution is 2.25. The predicted molar refractivity (Wildman–Crippen MR) is 66.5 cm³/mol. The summed E-state index contributed by atoms with van der Waals surface area (Å²) in [6, 6.07) is 4.36. The minimum Gasteiger partial charge on any atom is -0.378 e. The average Bonchev–Trinajstić information content (AvgIpc) is 2.78. The standard InChI is InChI=1S/C13H17ClFNO/c14-9-3-5-11(12(15)8-9)13(16)6-4-10-2-1-7-17-10/h3,5,8,10,13H,1-2,4,6-7,16H2. The molecule has 0 spiro atoms. The zero-order valence-corrected chi connectivity index (χ0v) is 10.4. The van der Waals surface area contributed by atoms with Crippen LogP contribution in [0.2, 0.25) is 5.02 Å². The molecule has 1 saturated heterocycles. The number of nitrogens with two attached hydrogens (primary N) is 1. The average molecular weight is 258 g/mol. The van der Waals surface area contributed by atoms with Crippen molar-refractivity contribution < 1.29 is 9.13 Å². The first kappa shape index (κ1) is 12.8. The van der Waals surface area contributed by atoms with E-state index in [1.807, 2.05) is 0 Å². The van der Waals surface area contributed by atoms with Crippen LogP contribution >= 0.6 is 11.6 Å². The zero-order chi connectivity index (χ0) is 12.3. The molecule has 17 heavy (non-hydrogen) atoms. The highest BCUT2D eigenvalue weighted by atomic mass is 35.5. The maximum atomic E-state index is 13.6. The third kappa shape index (κ3) is 3.41. The van der Waals surface area contributed by atoms with Gasteiger partial charge in [0.05, 0.1) is 6.10 Å². The summed E-state index contributed by atoms with van der Waals surface area (Å²) in [5.41, 5.74) is 6.52. The van der Waals surface area contributed by atoms with Crippen molar-refractivity contribution in [3.05, 3.63) is 34.6 Å². The SMILES string of the molecule is NC(CCC1CCCO1)c1ccc(Cl)cc1F. The smallest absolute Gasteiger partial charge is 0.129 e. The molecule has 1 aromatic rings. The molecule has 2 nitrogen and oxygen atoms in total. The molecular weight excluding hydrogens is 241 g/mol. The second-order valence-electron chi connectivity index (χ2n) is 4.48. The van der Waals surface area contributed by atoms with Crippen LogP contribution in [-0.4, -0.2) is 12.7 Å². The number of halogens is 2. The summed E-state index contributed by atoms with van der Waals surface area (Å²) in [5.74, 6) is -0.322. The van der Waals surface area contributed by atoms with Gasteiger partial charge in [-0.2, -0.15) is 0 Å². The summed E-state index contributed by atoms with van der Waals surface area (Å²) in [6.07, 6.45) is 4.15. The number of benzene rings is 1. The Kier molecular flexibility index (Phi) is 4.37. The molecule has 1 fully saturated rings. The van der Waals surface area contributed by atoms with E-state index in [9.17, 15) is 4.39 Å². The monoisotopic (exact) mass is 257 g/mol. The lowest BCUT2D eigenvalue weighted by atomic mass is 10.00. The molecular formula is C13H17ClFNO. The summed E-state index contributed by atoms with van der Waals surface area (Å²) < 4.78 is 19.1. The van der Waals surface area contributed by atoms with Crippen molar-refractivity contribution in [3.63, 3.8) is 0 Å². The van der Waals surface area contributed by atoms with E-state index >= 15 is 0 Å². The first-order valence-corrected chi connectivity index (χ1v) is 6.37. The fraction of sp³-hybridized carbons (Fsp3) is 0.538. The summed E-state index contributed by atoms with van der Waals surface area (Å²) in [7, 11) is 0. The van der Waals surface area contributed by atoms with Gasteiger partial charge in [0.2, 0.25) is 0 Å². The topological polar surface area (TPSA) is 35.2 Å². The largest absolute Gasteiger partial charge is 0.378 e. The molecule has 2 unspecified atom stereocenters. The Bertz CT molecular complexity index is 380. The van der Waals surface area contributed by atoms with Crippen molar-refractivity contribution in [1.82, 2.24) is 0 Å². The van der Waals surface area contributed by atoms with Gasteiger partial charge in [0.1, 0.15) is 5.82 Å². The molecule has 0 amide bonds. The van der Waals surface area contributed by atoms with Crippen molar-refractivity contribution in [3.8, 4) is 0 Å². The highest BCUT2D eigenvalue weighted by molar-refractivity contribution is 6.30. The normalized spacial score (nSPS) is 21.7. The molecule has 1 heterocycles. The van der Waals surface area contributed by atoms with E-state index in [-0.39, 0.29) is 11.9 Å². The summed E-state index contributed by atoms with van der Waals surface area (Å²) in [6.45, 7) is 0.842. The molecule has 0 aromatic heterocycles. The molecule has 0 saturated carbocycles. The van der Waals surface area contributed by atoms with Crippen LogP contribution in [0.25, 0.3) is 0 Å². The van der Waals surface area contributed by atoms with E-state index in [1.54, 1.807) is 12.1 Å². The van der Waals surface area contributed by atoms with E-state index < -0.39 is 0 Å². The van der Waals surface area contributed by atoms with Crippen LogP contribution in [0.5, 0.6) is 0 Å². The molecule has 2 rings (SSSR count). The van der Waals surface area contributed by atoms with Crippen molar-refractivity contribution in [2.24, 2.45) is 5.73 Å². The van der Waals surface area contributed by atoms with Crippen molar-refractivity contribution in [2.75, 3.05) is 6.61 Å². The second kappa shape index (κ2) is 5.80. The zero-order valence-electron chi connectivity index (χ0n) is 9.66. The van der Waals surface area contributed by atoms with Gasteiger partial charge in [-0.05, 0) is 37.8 Å². The van der Waals surface area contributed by atoms with Crippen LogP contribution in [0, 0.1) is 5.82 Å². The van der Waals surface area contributed by atoms with Crippen LogP contribution in [-0.2, 0) is 4.74 Å². The molecule has 1 aliphatic rings. The number of ether oxygens (including phenoxy) is 1. The number of hydrogen-bond donors (Lipinski definition) is 1. The summed E-state index contributed by atoms with van der Waals surface area (Å²) in [4.78, 5) is 0. The van der Waals surface area contributed by atoms with Crippen LogP contribution in [0.4, 0.5) is 4.39 Å². The lowest BCUT2D eigenvalue weighted by molar-refractivity contribution is 0.101. The van der Waals surface area contributed by atoms with Gasteiger partial charge >= 0.3 is 0 Å². The van der Waals surface area contributed by atoms with Gasteiger partial charge in [-0.25, -0.2) is 4.39 Å². The van der Waals surface area contributed by atoms with Crippen molar-refractivity contribution in [2.45, 2.75) is 37.8 Å². The molecule has 2 atom stereocenters. The van der Waals surface area contributed by atoms with E-state index in [2.05, 4.69) is 0 Å². The Labute approximate surface area is 106 Å². The molecule has 94 valence electrons. The lowest BCUT2D eigenvalue weighted by Crippen LogP contribution is -2.15. The maximum Gasteiger partial charge on any atom is 0.129 e. The summed E-state index contributed by atoms with van der Waals surface area (Å²) >= 11 is 5.70. The second-order valence-corrected chi connectivity index (χ2v) is 4.92. The van der Waals surface area contributed by atoms with Gasteiger partial charge in [0.15, 0.2) is 0 Å². The Morgan fingerprint density at radius 3 is 3.00 bits per heavy atom. The third-order valence-corrected chi connectivity index (χ3v) is 3.42. The predicted octanol–water partition coefficient (Wildman–Crippen LogP) is 3.44. The first-order chi connectivity index (χ1) is 8.16. The van der Waals surface area contributed by atoms with Gasteiger partial charge in [0, 0.05) is 23.2 Å². The minimum absolute atomic E-state index is 0.281. The van der Waals surface area contributed by atoms with Crippen molar-refractivity contribution >= 4 is 11.6 Å². The van der Waals surface area contributed by atoms with Crippen LogP contribution in [0.15, 0.2) is 18.2 Å². The molecule has 2 N–H and O–H groups in total. The van der Waals surface area contributed by atoms with Crippen molar-refractivity contribution in [1.29, 1.82) is 0 Å². The Balaban J connectivity index is 1.91. The Morgan fingerprint density at radius 2 is 2.35 bits per heavy atom. The molecule has 1 aromatic carbocycles. The minimum atomic E-state index is -0.322. The van der Waals surface area contributed by atoms with Gasteiger partial charge in [-0.15, -0.1) is 0 Å². The molecule has 0 aliphatic carbocycles. The van der Waals surface area contributed by atoms with Gasteiger partial charge in [0.25, 0.3) is 0 Å². The fourth-order valence-electron chi connectivity index (χ4n) is 2.20. The lowest BCUT2D eigenvalue weighted by Gasteiger charge is -2.15. The fourth-order valence-corrected chi connectivity index (χ4v) is 2.35. The third-order valence-electron chi connectivity index (χ3n) is 3.19. The Morgan fingerprint density at radius 1 is 1.53 bits per heavy atom. The highest BCUT2D eigenvalue weighted by Gasteiger charge is 2.18. The van der Waals surface area contributed by atoms with E-state index in [4.69, 9.17) is 22.1 Å². The van der Waals surface area contributed by atoms with E-state index in [0.717, 1.165) is 32.3 Å². The van der Waals surface area contributed by atoms with Gasteiger partial charge in [-0.1, -0.05) is 17.7 Å². The van der Waals surface area contributed by atoms with Crippen LogP contribution < -0.4 is 5.73 Å². The summed E-state index contributed by atoms with van der Waals surface area (Å²) in [5, 5.41) is 0.401. The molecule has 1 aliphatic heterocycles. The quantitative estimate of drug-likeness (QED) is 0.897.